The van der Waals surface area contributed by atoms with E-state index < -0.39 is 5.97 Å². The maximum Gasteiger partial charge on any atom is 0.320 e. The Morgan fingerprint density at radius 2 is 2.12 bits per heavy atom. The van der Waals surface area contributed by atoms with Crippen molar-refractivity contribution in [2.24, 2.45) is 5.92 Å². The minimum absolute atomic E-state index is 0.333. The number of carboxylic acids is 1. The second-order valence-electron chi connectivity index (χ2n) is 4.43. The third-order valence-electron chi connectivity index (χ3n) is 3.20. The number of carbonyl (C=O) groups is 1. The summed E-state index contributed by atoms with van der Waals surface area (Å²) in [6.07, 6.45) is 2.88. The van der Waals surface area contributed by atoms with Gasteiger partial charge in [0.25, 0.3) is 0 Å². The molecule has 1 fully saturated rings. The smallest absolute Gasteiger partial charge is 0.320 e. The van der Waals surface area contributed by atoms with Crippen molar-refractivity contribution in [3.8, 4) is 0 Å². The van der Waals surface area contributed by atoms with Crippen LogP contribution in [0.25, 0.3) is 0 Å². The molecule has 1 aromatic rings. The van der Waals surface area contributed by atoms with E-state index in [1.165, 1.54) is 5.56 Å². The Morgan fingerprint density at radius 3 is 2.75 bits per heavy atom. The second kappa shape index (κ2) is 5.12. The monoisotopic (exact) mass is 219 g/mol. The van der Waals surface area contributed by atoms with Crippen LogP contribution in [0.15, 0.2) is 30.3 Å². The molecule has 1 saturated heterocycles. The van der Waals surface area contributed by atoms with E-state index in [0.29, 0.717) is 5.92 Å². The maximum atomic E-state index is 10.8. The van der Waals surface area contributed by atoms with Gasteiger partial charge >= 0.3 is 5.97 Å². The van der Waals surface area contributed by atoms with Crippen LogP contribution in [0.3, 0.4) is 0 Å². The summed E-state index contributed by atoms with van der Waals surface area (Å²) in [5.74, 6) is -0.219. The molecule has 1 unspecified atom stereocenters. The van der Waals surface area contributed by atoms with Crippen LogP contribution in [0.4, 0.5) is 0 Å². The van der Waals surface area contributed by atoms with Crippen LogP contribution < -0.4 is 5.32 Å². The molecule has 1 aromatic carbocycles. The molecule has 2 rings (SSSR count). The van der Waals surface area contributed by atoms with E-state index in [4.69, 9.17) is 5.11 Å². The van der Waals surface area contributed by atoms with Crippen molar-refractivity contribution in [3.63, 3.8) is 0 Å². The Hall–Kier alpha value is -1.35. The molecule has 0 spiro atoms. The zero-order chi connectivity index (χ0) is 11.4. The Bertz CT molecular complexity index is 350. The first-order valence-electron chi connectivity index (χ1n) is 5.76. The fourth-order valence-electron chi connectivity index (χ4n) is 2.23. The zero-order valence-electron chi connectivity index (χ0n) is 9.23. The van der Waals surface area contributed by atoms with E-state index in [-0.39, 0.29) is 6.04 Å². The first-order valence-corrected chi connectivity index (χ1v) is 5.76. The highest BCUT2D eigenvalue weighted by Gasteiger charge is 2.28. The van der Waals surface area contributed by atoms with Crippen molar-refractivity contribution in [2.75, 3.05) is 6.54 Å². The lowest BCUT2D eigenvalue weighted by Crippen LogP contribution is -2.29. The normalized spacial score (nSPS) is 24.5. The van der Waals surface area contributed by atoms with Crippen molar-refractivity contribution in [2.45, 2.75) is 25.3 Å². The summed E-state index contributed by atoms with van der Waals surface area (Å²) < 4.78 is 0. The summed E-state index contributed by atoms with van der Waals surface area (Å²) in [5.41, 5.74) is 1.33. The van der Waals surface area contributed by atoms with Crippen LogP contribution in [0.2, 0.25) is 0 Å². The number of hydrogen-bond donors (Lipinski definition) is 2. The summed E-state index contributed by atoms with van der Waals surface area (Å²) in [5, 5.41) is 11.9. The van der Waals surface area contributed by atoms with Gasteiger partial charge in [-0.05, 0) is 37.3 Å². The molecule has 0 aliphatic carbocycles. The lowest BCUT2D eigenvalue weighted by atomic mass is 9.97. The van der Waals surface area contributed by atoms with Crippen molar-refractivity contribution >= 4 is 5.97 Å². The quantitative estimate of drug-likeness (QED) is 0.810. The molecule has 1 heterocycles. The van der Waals surface area contributed by atoms with Gasteiger partial charge in [-0.2, -0.15) is 0 Å². The minimum Gasteiger partial charge on any atom is -0.480 e. The lowest BCUT2D eigenvalue weighted by molar-refractivity contribution is -0.139. The molecule has 0 aromatic heterocycles. The maximum absolute atomic E-state index is 10.8. The molecule has 3 nitrogen and oxygen atoms in total. The molecule has 0 saturated carbocycles. The van der Waals surface area contributed by atoms with E-state index in [2.05, 4.69) is 17.4 Å². The molecule has 0 radical (unpaired) electrons. The van der Waals surface area contributed by atoms with Crippen molar-refractivity contribution < 1.29 is 9.90 Å². The van der Waals surface area contributed by atoms with E-state index >= 15 is 0 Å². The molecule has 2 N–H and O–H groups in total. The molecule has 0 amide bonds. The predicted octanol–water partition coefficient (Wildman–Crippen LogP) is 1.68. The lowest BCUT2D eigenvalue weighted by Gasteiger charge is -2.07. The van der Waals surface area contributed by atoms with Gasteiger partial charge in [-0.3, -0.25) is 4.79 Å². The van der Waals surface area contributed by atoms with Crippen LogP contribution in [-0.4, -0.2) is 23.7 Å². The molecule has 0 bridgehead atoms. The highest BCUT2D eigenvalue weighted by Crippen LogP contribution is 2.19. The third-order valence-corrected chi connectivity index (χ3v) is 3.20. The van der Waals surface area contributed by atoms with Crippen molar-refractivity contribution in [1.82, 2.24) is 5.32 Å². The van der Waals surface area contributed by atoms with Gasteiger partial charge in [0, 0.05) is 0 Å². The third kappa shape index (κ3) is 2.83. The van der Waals surface area contributed by atoms with Gasteiger partial charge < -0.3 is 10.4 Å². The van der Waals surface area contributed by atoms with E-state index in [9.17, 15) is 4.79 Å². The number of nitrogens with one attached hydrogen (secondary N) is 1. The number of aliphatic carboxylic acids is 1. The summed E-state index contributed by atoms with van der Waals surface area (Å²) in [6.45, 7) is 0.837. The molecule has 86 valence electrons. The van der Waals surface area contributed by atoms with Crippen LogP contribution in [0.1, 0.15) is 18.4 Å². The summed E-state index contributed by atoms with van der Waals surface area (Å²) in [7, 11) is 0. The zero-order valence-corrected chi connectivity index (χ0v) is 9.23. The van der Waals surface area contributed by atoms with Crippen molar-refractivity contribution in [3.05, 3.63) is 35.9 Å². The van der Waals surface area contributed by atoms with Crippen LogP contribution in [0.5, 0.6) is 0 Å². The van der Waals surface area contributed by atoms with E-state index in [1.807, 2.05) is 18.2 Å². The van der Waals surface area contributed by atoms with Crippen LogP contribution >= 0.6 is 0 Å². The average molecular weight is 219 g/mol. The van der Waals surface area contributed by atoms with Gasteiger partial charge in [0.2, 0.25) is 0 Å². The summed E-state index contributed by atoms with van der Waals surface area (Å²) in [6, 6.07) is 10.0. The van der Waals surface area contributed by atoms with Gasteiger partial charge in [0.1, 0.15) is 6.04 Å². The summed E-state index contributed by atoms with van der Waals surface area (Å²) >= 11 is 0. The largest absolute Gasteiger partial charge is 0.480 e. The fraction of sp³-hybridized carbons (Fsp3) is 0.462. The number of carboxylic acid groups (broad SMARTS) is 1. The Labute approximate surface area is 95.5 Å². The molecule has 2 atom stereocenters. The topological polar surface area (TPSA) is 49.3 Å². The Balaban J connectivity index is 1.78. The highest BCUT2D eigenvalue weighted by molar-refractivity contribution is 5.73. The minimum atomic E-state index is -0.720. The van der Waals surface area contributed by atoms with Gasteiger partial charge in [-0.1, -0.05) is 30.3 Å². The first kappa shape index (κ1) is 11.1. The number of rotatable bonds is 4. The van der Waals surface area contributed by atoms with Gasteiger partial charge in [0.05, 0.1) is 0 Å². The van der Waals surface area contributed by atoms with Gasteiger partial charge in [-0.15, -0.1) is 0 Å². The number of aryl methyl sites for hydroxylation is 1. The molecule has 1 aliphatic rings. The van der Waals surface area contributed by atoms with E-state index in [0.717, 1.165) is 25.8 Å². The Kier molecular flexibility index (Phi) is 3.57. The first-order chi connectivity index (χ1) is 7.75. The molecule has 3 heteroatoms. The van der Waals surface area contributed by atoms with E-state index in [1.54, 1.807) is 0 Å². The van der Waals surface area contributed by atoms with Gasteiger partial charge in [0.15, 0.2) is 0 Å². The average Bonchev–Trinajstić information content (AvgIpc) is 2.76. The standard InChI is InChI=1S/C13H17NO2/c15-13(16)12-8-11(9-14-12)7-6-10-4-2-1-3-5-10/h1-5,11-12,14H,6-9H2,(H,15,16)/t11?,12-/m0/s1. The molecular formula is C13H17NO2. The Morgan fingerprint density at radius 1 is 1.38 bits per heavy atom. The van der Waals surface area contributed by atoms with Gasteiger partial charge in [-0.25, -0.2) is 0 Å². The van der Waals surface area contributed by atoms with Crippen molar-refractivity contribution in [1.29, 1.82) is 0 Å². The SMILES string of the molecule is O=C(O)[C@@H]1CC(CCc2ccccc2)CN1. The molecule has 16 heavy (non-hydrogen) atoms. The molecule has 1 aliphatic heterocycles. The number of benzene rings is 1. The summed E-state index contributed by atoms with van der Waals surface area (Å²) in [4.78, 5) is 10.8. The molecular weight excluding hydrogens is 202 g/mol. The predicted molar refractivity (Wildman–Crippen MR) is 62.3 cm³/mol. The number of hydrogen-bond acceptors (Lipinski definition) is 2. The highest BCUT2D eigenvalue weighted by atomic mass is 16.4. The van der Waals surface area contributed by atoms with Crippen LogP contribution in [-0.2, 0) is 11.2 Å². The second-order valence-corrected chi connectivity index (χ2v) is 4.43. The fourth-order valence-corrected chi connectivity index (χ4v) is 2.23. The van der Waals surface area contributed by atoms with Crippen LogP contribution in [0, 0.1) is 5.92 Å².